The molecule has 33 heavy (non-hydrogen) atoms. The van der Waals surface area contributed by atoms with Crippen molar-refractivity contribution in [2.75, 3.05) is 58.3 Å². The van der Waals surface area contributed by atoms with E-state index < -0.39 is 23.9 Å². The molecule has 14 heteroatoms. The van der Waals surface area contributed by atoms with Gasteiger partial charge in [-0.25, -0.2) is 19.2 Å². The molecule has 184 valence electrons. The Labute approximate surface area is 194 Å². The smallest absolute Gasteiger partial charge is 0.328 e. The lowest BCUT2D eigenvalue weighted by Crippen LogP contribution is -2.46. The van der Waals surface area contributed by atoms with E-state index in [4.69, 9.17) is 20.4 Å². The molecule has 2 heterocycles. The fourth-order valence-electron chi connectivity index (χ4n) is 2.36. The fraction of sp³-hybridized carbons (Fsp3) is 0.474. The van der Waals surface area contributed by atoms with Crippen LogP contribution >= 0.6 is 11.3 Å². The number of piperazine rings is 1. The number of rotatable bonds is 9. The summed E-state index contributed by atoms with van der Waals surface area (Å²) in [6.07, 6.45) is 3.49. The van der Waals surface area contributed by atoms with Crippen LogP contribution < -0.4 is 4.90 Å². The van der Waals surface area contributed by atoms with Crippen LogP contribution in [0.2, 0.25) is 0 Å². The number of carboxylic acids is 4. The molecule has 0 bridgehead atoms. The average Bonchev–Trinajstić information content (AvgIpc) is 3.27. The molecule has 1 saturated heterocycles. The van der Waals surface area contributed by atoms with E-state index in [0.29, 0.717) is 24.3 Å². The molecule has 13 nitrogen and oxygen atoms in total. The molecule has 0 aliphatic carbocycles. The molecule has 0 unspecified atom stereocenters. The van der Waals surface area contributed by atoms with Gasteiger partial charge in [-0.1, -0.05) is 11.3 Å². The minimum Gasteiger partial charge on any atom is -0.478 e. The summed E-state index contributed by atoms with van der Waals surface area (Å²) in [7, 11) is 4.26. The van der Waals surface area contributed by atoms with E-state index in [2.05, 4.69) is 39.0 Å². The van der Waals surface area contributed by atoms with E-state index in [1.165, 1.54) is 19.5 Å². The topological polar surface area (TPSA) is 185 Å². The maximum absolute atomic E-state index is 9.55. The van der Waals surface area contributed by atoms with Gasteiger partial charge in [0.2, 0.25) is 5.13 Å². The van der Waals surface area contributed by atoms with Crippen LogP contribution in [-0.2, 0) is 19.2 Å². The van der Waals surface area contributed by atoms with Gasteiger partial charge in [0.25, 0.3) is 0 Å². The Morgan fingerprint density at radius 3 is 1.70 bits per heavy atom. The molecule has 0 atom stereocenters. The third-order valence-corrected chi connectivity index (χ3v) is 4.56. The zero-order valence-electron chi connectivity index (χ0n) is 18.4. The third kappa shape index (κ3) is 18.0. The van der Waals surface area contributed by atoms with Gasteiger partial charge in [-0.2, -0.15) is 0 Å². The standard InChI is InChI=1S/C11H21N5S.2C4H4O4/c1-14(2)4-3-5-15-6-8-16(9-7-15)11-13-12-10-17-11;2*5-3(6)1-2-4(7)8/h10H,3-9H2,1-2H3;2*1-2H,(H,5,6)(H,7,8). The van der Waals surface area contributed by atoms with Gasteiger partial charge >= 0.3 is 23.9 Å². The molecule has 1 aromatic rings. The summed E-state index contributed by atoms with van der Waals surface area (Å²) in [5.74, 6) is -5.03. The first-order valence-corrected chi connectivity index (χ1v) is 10.5. The van der Waals surface area contributed by atoms with Gasteiger partial charge in [0.05, 0.1) is 0 Å². The number of carboxylic acid groups (broad SMARTS) is 4. The number of hydrogen-bond donors (Lipinski definition) is 4. The summed E-state index contributed by atoms with van der Waals surface area (Å²) in [6, 6.07) is 0. The Bertz CT molecular complexity index is 724. The predicted octanol–water partition coefficient (Wildman–Crippen LogP) is 0.0354. The van der Waals surface area contributed by atoms with E-state index >= 15 is 0 Å². The molecule has 2 rings (SSSR count). The maximum atomic E-state index is 9.55. The molecular weight excluding hydrogens is 458 g/mol. The number of anilines is 1. The summed E-state index contributed by atoms with van der Waals surface area (Å²) in [6.45, 7) is 6.84. The first kappa shape index (κ1) is 29.6. The van der Waals surface area contributed by atoms with Crippen LogP contribution in [0.5, 0.6) is 0 Å². The van der Waals surface area contributed by atoms with Gasteiger partial charge in [0.15, 0.2) is 0 Å². The van der Waals surface area contributed by atoms with Gasteiger partial charge in [0.1, 0.15) is 5.51 Å². The molecule has 1 aromatic heterocycles. The van der Waals surface area contributed by atoms with Gasteiger partial charge in [0, 0.05) is 50.5 Å². The van der Waals surface area contributed by atoms with Crippen molar-refractivity contribution < 1.29 is 39.6 Å². The molecule has 1 fully saturated rings. The highest BCUT2D eigenvalue weighted by atomic mass is 32.1. The maximum Gasteiger partial charge on any atom is 0.328 e. The van der Waals surface area contributed by atoms with Crippen molar-refractivity contribution in [1.82, 2.24) is 20.0 Å². The van der Waals surface area contributed by atoms with Crippen molar-refractivity contribution in [1.29, 1.82) is 0 Å². The molecule has 0 saturated carbocycles. The molecule has 1 aliphatic heterocycles. The van der Waals surface area contributed by atoms with Crippen molar-refractivity contribution >= 4 is 40.3 Å². The minimum absolute atomic E-state index is 0.558. The van der Waals surface area contributed by atoms with Crippen LogP contribution in [0, 0.1) is 0 Å². The van der Waals surface area contributed by atoms with Crippen LogP contribution in [0.25, 0.3) is 0 Å². The van der Waals surface area contributed by atoms with E-state index in [1.54, 1.807) is 16.8 Å². The Kier molecular flexibility index (Phi) is 15.5. The van der Waals surface area contributed by atoms with Crippen LogP contribution in [0.4, 0.5) is 5.13 Å². The second-order valence-electron chi connectivity index (χ2n) is 6.73. The summed E-state index contributed by atoms with van der Waals surface area (Å²) < 4.78 is 0. The van der Waals surface area contributed by atoms with Crippen LogP contribution in [-0.4, -0.2) is 118 Å². The Balaban J connectivity index is 0.000000539. The highest BCUT2D eigenvalue weighted by Crippen LogP contribution is 2.17. The van der Waals surface area contributed by atoms with E-state index in [0.717, 1.165) is 31.3 Å². The number of hydrogen-bond acceptors (Lipinski definition) is 10. The molecule has 4 N–H and O–H groups in total. The number of aromatic nitrogens is 2. The monoisotopic (exact) mass is 487 g/mol. The van der Waals surface area contributed by atoms with Crippen LogP contribution in [0.3, 0.4) is 0 Å². The van der Waals surface area contributed by atoms with E-state index in [-0.39, 0.29) is 0 Å². The Hall–Kier alpha value is -3.36. The lowest BCUT2D eigenvalue weighted by atomic mass is 10.3. The molecule has 1 aliphatic rings. The summed E-state index contributed by atoms with van der Waals surface area (Å²) >= 11 is 1.63. The number of carbonyl (C=O) groups is 4. The predicted molar refractivity (Wildman–Crippen MR) is 121 cm³/mol. The third-order valence-electron chi connectivity index (χ3n) is 3.81. The normalized spacial score (nSPS) is 13.8. The SMILES string of the molecule is CN(C)CCCN1CCN(c2nncs2)CC1.O=C(O)C=CC(=O)O.O=C(O)C=CC(=O)O. The van der Waals surface area contributed by atoms with Crippen molar-refractivity contribution in [3.63, 3.8) is 0 Å². The molecule has 0 radical (unpaired) electrons. The van der Waals surface area contributed by atoms with Crippen molar-refractivity contribution in [3.8, 4) is 0 Å². The van der Waals surface area contributed by atoms with Crippen molar-refractivity contribution in [3.05, 3.63) is 29.8 Å². The molecule has 0 spiro atoms. The Morgan fingerprint density at radius 2 is 1.36 bits per heavy atom. The van der Waals surface area contributed by atoms with Crippen molar-refractivity contribution in [2.24, 2.45) is 0 Å². The zero-order valence-corrected chi connectivity index (χ0v) is 19.2. The molecule has 0 amide bonds. The lowest BCUT2D eigenvalue weighted by molar-refractivity contribution is -0.134. The largest absolute Gasteiger partial charge is 0.478 e. The quantitative estimate of drug-likeness (QED) is 0.342. The number of nitrogens with zero attached hydrogens (tertiary/aromatic N) is 5. The van der Waals surface area contributed by atoms with Gasteiger partial charge in [-0.05, 0) is 33.6 Å². The first-order chi connectivity index (χ1) is 15.5. The summed E-state index contributed by atoms with van der Waals surface area (Å²) in [5, 5.41) is 40.3. The van der Waals surface area contributed by atoms with E-state index in [1.807, 2.05) is 0 Å². The van der Waals surface area contributed by atoms with Crippen molar-refractivity contribution in [2.45, 2.75) is 6.42 Å². The minimum atomic E-state index is -1.26. The van der Waals surface area contributed by atoms with Gasteiger partial charge in [-0.3, -0.25) is 4.90 Å². The second-order valence-corrected chi connectivity index (χ2v) is 7.54. The summed E-state index contributed by atoms with van der Waals surface area (Å²) in [5.41, 5.74) is 1.80. The van der Waals surface area contributed by atoms with Crippen LogP contribution in [0.15, 0.2) is 29.8 Å². The molecule has 0 aromatic carbocycles. The highest BCUT2D eigenvalue weighted by Gasteiger charge is 2.18. The van der Waals surface area contributed by atoms with Gasteiger partial charge < -0.3 is 30.2 Å². The number of aliphatic carboxylic acids is 4. The molecular formula is C19H29N5O8S. The Morgan fingerprint density at radius 1 is 0.909 bits per heavy atom. The van der Waals surface area contributed by atoms with E-state index in [9.17, 15) is 19.2 Å². The first-order valence-electron chi connectivity index (χ1n) is 9.67. The lowest BCUT2D eigenvalue weighted by Gasteiger charge is -2.34. The zero-order chi connectivity index (χ0) is 25.2. The van der Waals surface area contributed by atoms with Crippen LogP contribution in [0.1, 0.15) is 6.42 Å². The second kappa shape index (κ2) is 17.2. The fourth-order valence-corrected chi connectivity index (χ4v) is 2.98. The average molecular weight is 488 g/mol. The van der Waals surface area contributed by atoms with Gasteiger partial charge in [-0.15, -0.1) is 10.2 Å². The summed E-state index contributed by atoms with van der Waals surface area (Å²) in [4.78, 5) is 45.3. The highest BCUT2D eigenvalue weighted by molar-refractivity contribution is 7.13.